The molecule has 2 aromatic carbocycles. The Balaban J connectivity index is 0.000000179. The minimum Gasteiger partial charge on any atom is -0.492 e. The predicted molar refractivity (Wildman–Crippen MR) is 126 cm³/mol. The van der Waals surface area contributed by atoms with E-state index in [1.165, 1.54) is 31.8 Å². The third-order valence-corrected chi connectivity index (χ3v) is 6.53. The number of carbonyl (C=O) groups excluding carboxylic acids is 1. The molecule has 0 aliphatic heterocycles. The molecule has 0 saturated heterocycles. The lowest BCUT2D eigenvalue weighted by atomic mass is 10.2. The molecule has 0 spiro atoms. The van der Waals surface area contributed by atoms with Crippen LogP contribution in [0.5, 0.6) is 11.5 Å². The molecule has 4 rings (SSSR count). The zero-order valence-electron chi connectivity index (χ0n) is 16.8. The SMILES string of the molecule is O=Cc1cccc(OCC2CC2)c1Br.O=[N+]([O-])/C=C/c1cccc(OCC2CC2)c1Br. The smallest absolute Gasteiger partial charge is 0.235 e. The molecule has 0 N–H and O–H groups in total. The van der Waals surface area contributed by atoms with Crippen LogP contribution < -0.4 is 9.47 Å². The third-order valence-electron chi connectivity index (χ3n) is 4.83. The topological polar surface area (TPSA) is 78.7 Å². The highest BCUT2D eigenvalue weighted by Gasteiger charge is 2.23. The lowest BCUT2D eigenvalue weighted by Gasteiger charge is -2.08. The molecule has 0 radical (unpaired) electrons. The maximum absolute atomic E-state index is 10.6. The van der Waals surface area contributed by atoms with Crippen LogP contribution in [0.15, 0.2) is 51.5 Å². The van der Waals surface area contributed by atoms with E-state index in [9.17, 15) is 14.9 Å². The van der Waals surface area contributed by atoms with Crippen LogP contribution in [0, 0.1) is 22.0 Å². The first-order valence-corrected chi connectivity index (χ1v) is 11.7. The summed E-state index contributed by atoms with van der Waals surface area (Å²) in [5.41, 5.74) is 1.38. The van der Waals surface area contributed by atoms with Crippen molar-refractivity contribution in [2.24, 2.45) is 11.8 Å². The van der Waals surface area contributed by atoms with E-state index in [2.05, 4.69) is 31.9 Å². The van der Waals surface area contributed by atoms with Crippen LogP contribution in [0.1, 0.15) is 41.6 Å². The summed E-state index contributed by atoms with van der Waals surface area (Å²) in [6.45, 7) is 1.49. The van der Waals surface area contributed by atoms with Gasteiger partial charge in [0, 0.05) is 11.6 Å². The maximum Gasteiger partial charge on any atom is 0.235 e. The molecule has 2 saturated carbocycles. The highest BCUT2D eigenvalue weighted by atomic mass is 79.9. The zero-order valence-corrected chi connectivity index (χ0v) is 20.0. The number of carbonyl (C=O) groups is 1. The van der Waals surface area contributed by atoms with Crippen molar-refractivity contribution >= 4 is 44.2 Å². The Morgan fingerprint density at radius 1 is 0.903 bits per heavy atom. The van der Waals surface area contributed by atoms with E-state index < -0.39 is 4.92 Å². The van der Waals surface area contributed by atoms with Crippen molar-refractivity contribution in [2.75, 3.05) is 13.2 Å². The van der Waals surface area contributed by atoms with Crippen LogP contribution >= 0.6 is 31.9 Å². The third kappa shape index (κ3) is 7.78. The minimum absolute atomic E-state index is 0.482. The summed E-state index contributed by atoms with van der Waals surface area (Å²) in [6, 6.07) is 11.0. The van der Waals surface area contributed by atoms with Crippen molar-refractivity contribution in [1.82, 2.24) is 0 Å². The molecule has 2 fully saturated rings. The first-order valence-electron chi connectivity index (χ1n) is 10.1. The summed E-state index contributed by atoms with van der Waals surface area (Å²) in [5, 5.41) is 10.3. The van der Waals surface area contributed by atoms with E-state index in [0.717, 1.165) is 57.6 Å². The van der Waals surface area contributed by atoms with Crippen molar-refractivity contribution < 1.29 is 19.2 Å². The summed E-state index contributed by atoms with van der Waals surface area (Å²) in [7, 11) is 0. The number of nitro groups is 1. The van der Waals surface area contributed by atoms with Crippen LogP contribution in [-0.2, 0) is 0 Å². The molecule has 164 valence electrons. The van der Waals surface area contributed by atoms with Gasteiger partial charge in [0.15, 0.2) is 6.29 Å². The second-order valence-corrected chi connectivity index (χ2v) is 9.13. The van der Waals surface area contributed by atoms with E-state index in [0.29, 0.717) is 11.5 Å². The quantitative estimate of drug-likeness (QED) is 0.200. The Morgan fingerprint density at radius 3 is 1.84 bits per heavy atom. The standard InChI is InChI=1S/C12H12BrNO3.C11H11BrO2/c13-12-10(6-7-14(15)16)2-1-3-11(12)17-8-9-4-5-9;12-11-9(6-13)2-1-3-10(11)14-7-8-4-5-8/h1-3,6-7,9H,4-5,8H2;1-3,6,8H,4-5,7H2/b7-6+;. The highest BCUT2D eigenvalue weighted by Crippen LogP contribution is 2.34. The van der Waals surface area contributed by atoms with Gasteiger partial charge in [0.25, 0.3) is 0 Å². The number of ether oxygens (including phenoxy) is 2. The van der Waals surface area contributed by atoms with Crippen LogP contribution in [0.2, 0.25) is 0 Å². The average molecular weight is 553 g/mol. The number of aldehydes is 1. The second-order valence-electron chi connectivity index (χ2n) is 7.55. The van der Waals surface area contributed by atoms with Crippen molar-refractivity contribution in [1.29, 1.82) is 0 Å². The molecular formula is C23H23Br2NO5. The van der Waals surface area contributed by atoms with E-state index in [4.69, 9.17) is 9.47 Å². The second kappa shape index (κ2) is 11.4. The monoisotopic (exact) mass is 551 g/mol. The Kier molecular flexibility index (Phi) is 8.66. The fraction of sp³-hybridized carbons (Fsp3) is 0.348. The molecule has 0 aromatic heterocycles. The zero-order chi connectivity index (χ0) is 22.2. The van der Waals surface area contributed by atoms with E-state index in [-0.39, 0.29) is 0 Å². The number of nitrogens with zero attached hydrogens (tertiary/aromatic N) is 1. The Hall–Kier alpha value is -2.19. The molecule has 6 nitrogen and oxygen atoms in total. The Morgan fingerprint density at radius 2 is 1.39 bits per heavy atom. The van der Waals surface area contributed by atoms with Gasteiger partial charge in [-0.1, -0.05) is 24.3 Å². The summed E-state index contributed by atoms with van der Waals surface area (Å²) >= 11 is 6.76. The molecule has 0 unspecified atom stereocenters. The number of hydrogen-bond acceptors (Lipinski definition) is 5. The van der Waals surface area contributed by atoms with Crippen LogP contribution in [0.25, 0.3) is 6.08 Å². The van der Waals surface area contributed by atoms with Gasteiger partial charge in [0.05, 0.1) is 27.1 Å². The van der Waals surface area contributed by atoms with Crippen LogP contribution in [-0.4, -0.2) is 24.4 Å². The van der Waals surface area contributed by atoms with E-state index in [1.807, 2.05) is 24.3 Å². The Labute approximate surface area is 198 Å². The van der Waals surface area contributed by atoms with E-state index >= 15 is 0 Å². The molecule has 2 aliphatic carbocycles. The van der Waals surface area contributed by atoms with Crippen LogP contribution in [0.3, 0.4) is 0 Å². The fourth-order valence-electron chi connectivity index (χ4n) is 2.62. The van der Waals surface area contributed by atoms with Crippen molar-refractivity contribution in [3.63, 3.8) is 0 Å². The van der Waals surface area contributed by atoms with Gasteiger partial charge < -0.3 is 9.47 Å². The van der Waals surface area contributed by atoms with Gasteiger partial charge in [-0.05, 0) is 87.1 Å². The predicted octanol–water partition coefficient (Wildman–Crippen LogP) is 6.54. The summed E-state index contributed by atoms with van der Waals surface area (Å²) in [4.78, 5) is 20.4. The van der Waals surface area contributed by atoms with Crippen molar-refractivity contribution in [2.45, 2.75) is 25.7 Å². The summed E-state index contributed by atoms with van der Waals surface area (Å²) in [6.07, 6.45) is 8.21. The minimum atomic E-state index is -0.482. The van der Waals surface area contributed by atoms with Crippen LogP contribution in [0.4, 0.5) is 0 Å². The molecule has 2 aromatic rings. The first-order chi connectivity index (χ1) is 15.0. The van der Waals surface area contributed by atoms with Gasteiger partial charge in [-0.2, -0.15) is 0 Å². The van der Waals surface area contributed by atoms with Gasteiger partial charge in [-0.3, -0.25) is 14.9 Å². The van der Waals surface area contributed by atoms with Gasteiger partial charge in [0.1, 0.15) is 11.5 Å². The van der Waals surface area contributed by atoms with Crippen molar-refractivity contribution in [3.8, 4) is 11.5 Å². The number of halogens is 2. The molecule has 0 heterocycles. The average Bonchev–Trinajstić information content (AvgIpc) is 3.67. The fourth-order valence-corrected chi connectivity index (χ4v) is 3.61. The number of benzene rings is 2. The molecule has 0 amide bonds. The summed E-state index contributed by atoms with van der Waals surface area (Å²) in [5.74, 6) is 2.91. The summed E-state index contributed by atoms with van der Waals surface area (Å²) < 4.78 is 12.8. The van der Waals surface area contributed by atoms with Gasteiger partial charge >= 0.3 is 0 Å². The molecule has 0 bridgehead atoms. The normalized spacial score (nSPS) is 15.2. The van der Waals surface area contributed by atoms with Crippen molar-refractivity contribution in [3.05, 3.63) is 72.8 Å². The Bertz CT molecular complexity index is 955. The number of hydrogen-bond donors (Lipinski definition) is 0. The largest absolute Gasteiger partial charge is 0.492 e. The van der Waals surface area contributed by atoms with Gasteiger partial charge in [0.2, 0.25) is 6.20 Å². The van der Waals surface area contributed by atoms with Gasteiger partial charge in [-0.15, -0.1) is 0 Å². The number of rotatable bonds is 9. The first kappa shape index (κ1) is 23.5. The van der Waals surface area contributed by atoms with Gasteiger partial charge in [-0.25, -0.2) is 0 Å². The lowest BCUT2D eigenvalue weighted by Crippen LogP contribution is -2.00. The molecule has 31 heavy (non-hydrogen) atoms. The molecule has 8 heteroatoms. The molecule has 0 atom stereocenters. The molecule has 2 aliphatic rings. The van der Waals surface area contributed by atoms with E-state index in [1.54, 1.807) is 12.1 Å². The maximum atomic E-state index is 10.6. The highest BCUT2D eigenvalue weighted by molar-refractivity contribution is 9.11. The molecular weight excluding hydrogens is 530 g/mol. The lowest BCUT2D eigenvalue weighted by molar-refractivity contribution is -0.400.